The lowest BCUT2D eigenvalue weighted by atomic mass is 10.1. The summed E-state index contributed by atoms with van der Waals surface area (Å²) >= 11 is 0. The molecule has 2 aromatic heterocycles. The topological polar surface area (TPSA) is 55.7 Å². The van der Waals surface area contributed by atoms with Crippen molar-refractivity contribution < 1.29 is 22.6 Å². The number of nitrogens with zero attached hydrogens (tertiary/aromatic N) is 5. The molecular formula is C31H26F3N5O2. The maximum absolute atomic E-state index is 13.5. The van der Waals surface area contributed by atoms with Crippen molar-refractivity contribution in [3.05, 3.63) is 96.4 Å². The Kier molecular flexibility index (Phi) is 6.27. The molecule has 208 valence electrons. The van der Waals surface area contributed by atoms with Crippen LogP contribution in [0.2, 0.25) is 0 Å². The fourth-order valence-electron chi connectivity index (χ4n) is 5.57. The van der Waals surface area contributed by atoms with E-state index in [0.29, 0.717) is 11.3 Å². The van der Waals surface area contributed by atoms with Crippen LogP contribution in [-0.2, 0) is 12.7 Å². The largest absolute Gasteiger partial charge is 0.454 e. The molecule has 1 fully saturated rings. The Balaban J connectivity index is 1.22. The molecule has 7 nitrogen and oxygen atoms in total. The lowest BCUT2D eigenvalue weighted by Crippen LogP contribution is -2.46. The predicted molar refractivity (Wildman–Crippen MR) is 149 cm³/mol. The van der Waals surface area contributed by atoms with Gasteiger partial charge in [0.15, 0.2) is 17.1 Å². The second-order valence-corrected chi connectivity index (χ2v) is 10.2. The highest BCUT2D eigenvalue weighted by molar-refractivity contribution is 6.02. The molecular weight excluding hydrogens is 531 g/mol. The molecule has 3 aromatic carbocycles. The highest BCUT2D eigenvalue weighted by atomic mass is 19.4. The number of ether oxygens (including phenoxy) is 2. The van der Waals surface area contributed by atoms with Crippen LogP contribution in [0.25, 0.3) is 27.8 Å². The first-order valence-electron chi connectivity index (χ1n) is 13.4. The van der Waals surface area contributed by atoms with Gasteiger partial charge in [0.2, 0.25) is 6.79 Å². The molecule has 2 aliphatic rings. The maximum Gasteiger partial charge on any atom is 0.416 e. The van der Waals surface area contributed by atoms with Crippen LogP contribution in [0.15, 0.2) is 85.3 Å². The van der Waals surface area contributed by atoms with E-state index in [1.54, 1.807) is 10.6 Å². The van der Waals surface area contributed by atoms with Crippen LogP contribution in [0.3, 0.4) is 0 Å². The van der Waals surface area contributed by atoms with Gasteiger partial charge >= 0.3 is 6.18 Å². The number of piperazine rings is 1. The van der Waals surface area contributed by atoms with Crippen LogP contribution in [0.5, 0.6) is 11.5 Å². The Morgan fingerprint density at radius 1 is 0.805 bits per heavy atom. The minimum Gasteiger partial charge on any atom is -0.454 e. The van der Waals surface area contributed by atoms with E-state index < -0.39 is 11.7 Å². The molecule has 4 heterocycles. The van der Waals surface area contributed by atoms with E-state index in [0.717, 1.165) is 84.2 Å². The fraction of sp³-hybridized carbons (Fsp3) is 0.226. The van der Waals surface area contributed by atoms with Gasteiger partial charge < -0.3 is 18.9 Å². The molecule has 0 bridgehead atoms. The SMILES string of the molecule is FC(F)(F)c1cccc(-n2cc(-c3ccccc3)c3c(N4CCN(Cc5ccc6c(c5)OCO6)CC4)ncnc32)c1. The van der Waals surface area contributed by atoms with Crippen LogP contribution < -0.4 is 14.4 Å². The summed E-state index contributed by atoms with van der Waals surface area (Å²) in [5.41, 5.74) is 3.24. The van der Waals surface area contributed by atoms with Crippen molar-refractivity contribution in [1.29, 1.82) is 0 Å². The average molecular weight is 558 g/mol. The zero-order chi connectivity index (χ0) is 28.0. The molecule has 41 heavy (non-hydrogen) atoms. The predicted octanol–water partition coefficient (Wildman–Crippen LogP) is 6.16. The van der Waals surface area contributed by atoms with E-state index in [4.69, 9.17) is 14.5 Å². The molecule has 0 aliphatic carbocycles. The molecule has 1 saturated heterocycles. The monoisotopic (exact) mass is 557 g/mol. The summed E-state index contributed by atoms with van der Waals surface area (Å²) < 4.78 is 53.3. The van der Waals surface area contributed by atoms with Crippen molar-refractivity contribution in [3.63, 3.8) is 0 Å². The summed E-state index contributed by atoms with van der Waals surface area (Å²) in [6.07, 6.45) is -1.08. The normalized spacial score (nSPS) is 15.5. The molecule has 5 aromatic rings. The highest BCUT2D eigenvalue weighted by Crippen LogP contribution is 2.38. The van der Waals surface area contributed by atoms with E-state index >= 15 is 0 Å². The van der Waals surface area contributed by atoms with Gasteiger partial charge in [-0.2, -0.15) is 13.2 Å². The Morgan fingerprint density at radius 2 is 1.61 bits per heavy atom. The number of halogens is 3. The van der Waals surface area contributed by atoms with E-state index in [2.05, 4.69) is 20.9 Å². The summed E-state index contributed by atoms with van der Waals surface area (Å²) in [5.74, 6) is 2.34. The third kappa shape index (κ3) is 4.84. The Bertz CT molecular complexity index is 1710. The molecule has 2 aliphatic heterocycles. The van der Waals surface area contributed by atoms with Crippen molar-refractivity contribution in [1.82, 2.24) is 19.4 Å². The van der Waals surface area contributed by atoms with Gasteiger partial charge in [-0.05, 0) is 41.5 Å². The Hall–Kier alpha value is -4.57. The maximum atomic E-state index is 13.5. The molecule has 7 rings (SSSR count). The van der Waals surface area contributed by atoms with Crippen molar-refractivity contribution in [3.8, 4) is 28.3 Å². The van der Waals surface area contributed by atoms with Gasteiger partial charge in [0, 0.05) is 50.2 Å². The van der Waals surface area contributed by atoms with Crippen LogP contribution in [-0.4, -0.2) is 52.4 Å². The van der Waals surface area contributed by atoms with E-state index in [-0.39, 0.29) is 6.79 Å². The first kappa shape index (κ1) is 25.4. The molecule has 0 unspecified atom stereocenters. The minimum absolute atomic E-state index is 0.255. The lowest BCUT2D eigenvalue weighted by Gasteiger charge is -2.35. The van der Waals surface area contributed by atoms with Crippen LogP contribution in [0.1, 0.15) is 11.1 Å². The molecule has 0 amide bonds. The quantitative estimate of drug-likeness (QED) is 0.258. The van der Waals surface area contributed by atoms with Crippen LogP contribution in [0, 0.1) is 0 Å². The number of aromatic nitrogens is 3. The van der Waals surface area contributed by atoms with Gasteiger partial charge in [0.25, 0.3) is 0 Å². The Morgan fingerprint density at radius 3 is 2.41 bits per heavy atom. The number of hydrogen-bond acceptors (Lipinski definition) is 6. The van der Waals surface area contributed by atoms with Gasteiger partial charge in [-0.25, -0.2) is 9.97 Å². The van der Waals surface area contributed by atoms with E-state index in [9.17, 15) is 13.2 Å². The molecule has 10 heteroatoms. The van der Waals surface area contributed by atoms with E-state index in [1.165, 1.54) is 12.4 Å². The second-order valence-electron chi connectivity index (χ2n) is 10.2. The van der Waals surface area contributed by atoms with Crippen molar-refractivity contribution in [2.75, 3.05) is 37.9 Å². The van der Waals surface area contributed by atoms with Crippen LogP contribution >= 0.6 is 0 Å². The standard InChI is InChI=1S/C31H26F3N5O2/c32-31(33,34)23-7-4-8-24(16-23)39-18-25(22-5-2-1-3-6-22)28-29(35-19-36-30(28)39)38-13-11-37(12-14-38)17-21-9-10-26-27(15-21)41-20-40-26/h1-10,15-16,18-19H,11-14,17,20H2. The smallest absolute Gasteiger partial charge is 0.416 e. The van der Waals surface area contributed by atoms with Gasteiger partial charge in [0.05, 0.1) is 10.9 Å². The van der Waals surface area contributed by atoms with E-state index in [1.807, 2.05) is 48.7 Å². The first-order chi connectivity index (χ1) is 19.9. The zero-order valence-electron chi connectivity index (χ0n) is 22.0. The van der Waals surface area contributed by atoms with Gasteiger partial charge in [-0.1, -0.05) is 42.5 Å². The molecule has 0 radical (unpaired) electrons. The van der Waals surface area contributed by atoms with Crippen molar-refractivity contribution in [2.24, 2.45) is 0 Å². The second kappa shape index (κ2) is 10.1. The zero-order valence-corrected chi connectivity index (χ0v) is 22.0. The summed E-state index contributed by atoms with van der Waals surface area (Å²) in [7, 11) is 0. The van der Waals surface area contributed by atoms with Crippen LogP contribution in [0.4, 0.5) is 19.0 Å². The van der Waals surface area contributed by atoms with Crippen molar-refractivity contribution in [2.45, 2.75) is 12.7 Å². The van der Waals surface area contributed by atoms with Crippen molar-refractivity contribution >= 4 is 16.9 Å². The minimum atomic E-state index is -4.44. The fourth-order valence-corrected chi connectivity index (χ4v) is 5.57. The molecule has 0 atom stereocenters. The van der Waals surface area contributed by atoms with Gasteiger partial charge in [-0.15, -0.1) is 0 Å². The molecule has 0 N–H and O–H groups in total. The summed E-state index contributed by atoms with van der Waals surface area (Å²) in [5, 5.41) is 0.820. The Labute approximate surface area is 234 Å². The first-order valence-corrected chi connectivity index (χ1v) is 13.4. The third-order valence-corrected chi connectivity index (χ3v) is 7.61. The summed E-state index contributed by atoms with van der Waals surface area (Å²) in [6.45, 7) is 4.21. The third-order valence-electron chi connectivity index (χ3n) is 7.61. The molecule has 0 spiro atoms. The number of fused-ring (bicyclic) bond motifs is 2. The average Bonchev–Trinajstić information content (AvgIpc) is 3.62. The number of rotatable bonds is 5. The van der Waals surface area contributed by atoms with Gasteiger partial charge in [0.1, 0.15) is 12.1 Å². The summed E-state index contributed by atoms with van der Waals surface area (Å²) in [6, 6.07) is 21.2. The number of hydrogen-bond donors (Lipinski definition) is 0. The number of benzene rings is 3. The molecule has 0 saturated carbocycles. The number of anilines is 1. The van der Waals surface area contributed by atoms with Gasteiger partial charge in [-0.3, -0.25) is 4.90 Å². The summed E-state index contributed by atoms with van der Waals surface area (Å²) in [4.78, 5) is 13.9. The highest BCUT2D eigenvalue weighted by Gasteiger charge is 2.31. The lowest BCUT2D eigenvalue weighted by molar-refractivity contribution is -0.137. The number of alkyl halides is 3.